The molecule has 1 radical (unpaired) electrons. The summed E-state index contributed by atoms with van der Waals surface area (Å²) in [4.78, 5) is 14.0. The van der Waals surface area contributed by atoms with Crippen molar-refractivity contribution in [1.29, 1.82) is 0 Å². The molecule has 0 spiro atoms. The molecule has 3 rings (SSSR count). The monoisotopic (exact) mass is 286 g/mol. The van der Waals surface area contributed by atoms with Crippen LogP contribution in [0.4, 0.5) is 11.4 Å². The van der Waals surface area contributed by atoms with Crippen molar-refractivity contribution in [1.82, 2.24) is 4.98 Å². The lowest BCUT2D eigenvalue weighted by molar-refractivity contribution is -0.383. The third-order valence-corrected chi connectivity index (χ3v) is 4.26. The Balaban J connectivity index is 2.00. The van der Waals surface area contributed by atoms with Crippen molar-refractivity contribution in [2.24, 2.45) is 0 Å². The summed E-state index contributed by atoms with van der Waals surface area (Å²) in [6.07, 6.45) is 6.75. The van der Waals surface area contributed by atoms with E-state index in [1.807, 2.05) is 12.1 Å². The van der Waals surface area contributed by atoms with Gasteiger partial charge in [-0.3, -0.25) is 10.1 Å². The SMILES string of the molecule is [CH2]Cc1cc2c(NC3CCCCC3)ccc([N+](=O)[O-])c2[nH]1. The van der Waals surface area contributed by atoms with Crippen molar-refractivity contribution in [3.05, 3.63) is 40.9 Å². The van der Waals surface area contributed by atoms with Gasteiger partial charge in [0.1, 0.15) is 5.52 Å². The smallest absolute Gasteiger partial charge is 0.293 e. The van der Waals surface area contributed by atoms with Gasteiger partial charge in [0.15, 0.2) is 0 Å². The van der Waals surface area contributed by atoms with Gasteiger partial charge in [0.2, 0.25) is 0 Å². The van der Waals surface area contributed by atoms with Gasteiger partial charge in [0.25, 0.3) is 5.69 Å². The first-order chi connectivity index (χ1) is 10.2. The second-order valence-electron chi connectivity index (χ2n) is 5.70. The minimum absolute atomic E-state index is 0.124. The molecule has 1 aliphatic rings. The topological polar surface area (TPSA) is 71.0 Å². The Bertz CT molecular complexity index is 657. The number of nitro benzene ring substituents is 1. The number of aromatic nitrogens is 1. The van der Waals surface area contributed by atoms with E-state index in [0.29, 0.717) is 18.0 Å². The molecular formula is C16H20N3O2. The van der Waals surface area contributed by atoms with Gasteiger partial charge in [-0.1, -0.05) is 19.3 Å². The van der Waals surface area contributed by atoms with Crippen LogP contribution in [0.5, 0.6) is 0 Å². The number of hydrogen-bond acceptors (Lipinski definition) is 3. The normalized spacial score (nSPS) is 16.2. The van der Waals surface area contributed by atoms with Gasteiger partial charge in [-0.15, -0.1) is 0 Å². The maximum atomic E-state index is 11.2. The highest BCUT2D eigenvalue weighted by molar-refractivity contribution is 5.98. The highest BCUT2D eigenvalue weighted by Gasteiger charge is 2.19. The van der Waals surface area contributed by atoms with Crippen molar-refractivity contribution >= 4 is 22.3 Å². The van der Waals surface area contributed by atoms with Crippen molar-refractivity contribution in [2.45, 2.75) is 44.6 Å². The Labute approximate surface area is 123 Å². The molecule has 0 saturated heterocycles. The predicted octanol–water partition coefficient (Wildman–Crippen LogP) is 4.20. The summed E-state index contributed by atoms with van der Waals surface area (Å²) in [6.45, 7) is 3.85. The second kappa shape index (κ2) is 5.76. The summed E-state index contributed by atoms with van der Waals surface area (Å²) < 4.78 is 0. The summed E-state index contributed by atoms with van der Waals surface area (Å²) in [5.74, 6) is 0. The number of benzene rings is 1. The van der Waals surface area contributed by atoms with Gasteiger partial charge in [0, 0.05) is 28.9 Å². The number of non-ortho nitro benzene ring substituents is 1. The third kappa shape index (κ3) is 2.73. The van der Waals surface area contributed by atoms with Crippen LogP contribution in [0.1, 0.15) is 37.8 Å². The van der Waals surface area contributed by atoms with Crippen LogP contribution in [0.3, 0.4) is 0 Å². The van der Waals surface area contributed by atoms with E-state index >= 15 is 0 Å². The van der Waals surface area contributed by atoms with E-state index < -0.39 is 0 Å². The Morgan fingerprint density at radius 2 is 2.10 bits per heavy atom. The number of nitro groups is 1. The largest absolute Gasteiger partial charge is 0.382 e. The van der Waals surface area contributed by atoms with E-state index in [1.165, 1.54) is 32.1 Å². The fourth-order valence-corrected chi connectivity index (χ4v) is 3.14. The minimum Gasteiger partial charge on any atom is -0.382 e. The van der Waals surface area contributed by atoms with Crippen LogP contribution in [0.25, 0.3) is 10.9 Å². The van der Waals surface area contributed by atoms with Gasteiger partial charge in [0.05, 0.1) is 4.92 Å². The number of nitrogens with one attached hydrogen (secondary N) is 2. The van der Waals surface area contributed by atoms with Gasteiger partial charge in [-0.05, 0) is 38.3 Å². The molecule has 0 bridgehead atoms. The summed E-state index contributed by atoms with van der Waals surface area (Å²) in [5, 5.41) is 15.6. The van der Waals surface area contributed by atoms with E-state index in [0.717, 1.165) is 16.8 Å². The molecule has 0 aliphatic heterocycles. The van der Waals surface area contributed by atoms with Gasteiger partial charge < -0.3 is 10.3 Å². The molecule has 0 atom stereocenters. The van der Waals surface area contributed by atoms with Crippen molar-refractivity contribution in [3.63, 3.8) is 0 Å². The molecular weight excluding hydrogens is 266 g/mol. The molecule has 1 fully saturated rings. The average molecular weight is 286 g/mol. The Hall–Kier alpha value is -2.04. The molecule has 1 aliphatic carbocycles. The van der Waals surface area contributed by atoms with E-state index in [4.69, 9.17) is 0 Å². The van der Waals surface area contributed by atoms with Crippen LogP contribution in [-0.4, -0.2) is 15.9 Å². The van der Waals surface area contributed by atoms with Crippen LogP contribution < -0.4 is 5.32 Å². The highest BCUT2D eigenvalue weighted by Crippen LogP contribution is 2.33. The van der Waals surface area contributed by atoms with Crippen molar-refractivity contribution in [3.8, 4) is 0 Å². The van der Waals surface area contributed by atoms with Crippen LogP contribution in [0.15, 0.2) is 18.2 Å². The van der Waals surface area contributed by atoms with Crippen LogP contribution in [0.2, 0.25) is 0 Å². The number of hydrogen-bond donors (Lipinski definition) is 2. The van der Waals surface area contributed by atoms with Crippen molar-refractivity contribution < 1.29 is 4.92 Å². The molecule has 1 aromatic carbocycles. The van der Waals surface area contributed by atoms with Gasteiger partial charge in [-0.25, -0.2) is 0 Å². The van der Waals surface area contributed by atoms with Crippen LogP contribution in [0, 0.1) is 17.0 Å². The molecule has 1 heterocycles. The van der Waals surface area contributed by atoms with Crippen LogP contribution >= 0.6 is 0 Å². The quantitative estimate of drug-likeness (QED) is 0.653. The third-order valence-electron chi connectivity index (χ3n) is 4.26. The van der Waals surface area contributed by atoms with Gasteiger partial charge >= 0.3 is 0 Å². The molecule has 0 unspecified atom stereocenters. The summed E-state index contributed by atoms with van der Waals surface area (Å²) in [5.41, 5.74) is 2.63. The molecule has 21 heavy (non-hydrogen) atoms. The maximum absolute atomic E-state index is 11.2. The molecule has 2 aromatic rings. The summed E-state index contributed by atoms with van der Waals surface area (Å²) in [7, 11) is 0. The standard InChI is InChI=1S/C16H20N3O2/c1-2-11-10-13-14(17-12-6-4-3-5-7-12)8-9-15(19(20)21)16(13)18-11/h8-10,12,17-18H,1-7H2. The number of rotatable bonds is 4. The lowest BCUT2D eigenvalue weighted by atomic mass is 9.95. The molecule has 1 saturated carbocycles. The molecule has 111 valence electrons. The fraction of sp³-hybridized carbons (Fsp3) is 0.438. The van der Waals surface area contributed by atoms with E-state index in [9.17, 15) is 10.1 Å². The zero-order valence-corrected chi connectivity index (χ0v) is 12.0. The number of aromatic amines is 1. The average Bonchev–Trinajstić information content (AvgIpc) is 2.93. The molecule has 0 amide bonds. The lowest BCUT2D eigenvalue weighted by Crippen LogP contribution is -2.22. The summed E-state index contributed by atoms with van der Waals surface area (Å²) in [6, 6.07) is 5.86. The number of nitrogens with zero attached hydrogens (tertiary/aromatic N) is 1. The maximum Gasteiger partial charge on any atom is 0.293 e. The minimum atomic E-state index is -0.337. The number of anilines is 1. The fourth-order valence-electron chi connectivity index (χ4n) is 3.14. The Kier molecular flexibility index (Phi) is 3.82. The van der Waals surface area contributed by atoms with E-state index in [2.05, 4.69) is 17.2 Å². The highest BCUT2D eigenvalue weighted by atomic mass is 16.6. The zero-order chi connectivity index (χ0) is 14.8. The van der Waals surface area contributed by atoms with Gasteiger partial charge in [-0.2, -0.15) is 0 Å². The Morgan fingerprint density at radius 3 is 2.76 bits per heavy atom. The number of fused-ring (bicyclic) bond motifs is 1. The van der Waals surface area contributed by atoms with E-state index in [1.54, 1.807) is 6.07 Å². The predicted molar refractivity (Wildman–Crippen MR) is 84.5 cm³/mol. The molecule has 5 heteroatoms. The number of H-pyrrole nitrogens is 1. The zero-order valence-electron chi connectivity index (χ0n) is 12.0. The lowest BCUT2D eigenvalue weighted by Gasteiger charge is -2.24. The molecule has 2 N–H and O–H groups in total. The Morgan fingerprint density at radius 1 is 1.33 bits per heavy atom. The molecule has 1 aromatic heterocycles. The molecule has 5 nitrogen and oxygen atoms in total. The summed E-state index contributed by atoms with van der Waals surface area (Å²) >= 11 is 0. The first-order valence-corrected chi connectivity index (χ1v) is 7.54. The first kappa shape index (κ1) is 13.9. The van der Waals surface area contributed by atoms with Crippen LogP contribution in [-0.2, 0) is 6.42 Å². The van der Waals surface area contributed by atoms with Crippen molar-refractivity contribution in [2.75, 3.05) is 5.32 Å². The first-order valence-electron chi connectivity index (χ1n) is 7.54. The second-order valence-corrected chi connectivity index (χ2v) is 5.70. The van der Waals surface area contributed by atoms with E-state index in [-0.39, 0.29) is 10.6 Å².